The number of carbonyl (C=O) groups is 4. The summed E-state index contributed by atoms with van der Waals surface area (Å²) in [6, 6.07) is 28.0. The molecule has 232 valence electrons. The largest absolute Gasteiger partial charge is 0.464 e. The average molecular weight is 615 g/mol. The third kappa shape index (κ3) is 8.22. The van der Waals surface area contributed by atoms with Crippen molar-refractivity contribution in [3.8, 4) is 0 Å². The van der Waals surface area contributed by atoms with Gasteiger partial charge in [-0.05, 0) is 48.5 Å². The van der Waals surface area contributed by atoms with E-state index in [9.17, 15) is 19.2 Å². The van der Waals surface area contributed by atoms with E-state index < -0.39 is 61.2 Å². The Labute approximate surface area is 258 Å². The summed E-state index contributed by atoms with van der Waals surface area (Å²) < 4.78 is 40.4. The minimum atomic E-state index is -1.32. The highest BCUT2D eigenvalue weighted by molar-refractivity contribution is 5.90. The van der Waals surface area contributed by atoms with Crippen LogP contribution in [0.2, 0.25) is 0 Å². The zero-order valence-electron chi connectivity index (χ0n) is 24.2. The van der Waals surface area contributed by atoms with Gasteiger partial charge in [0.25, 0.3) is 0 Å². The summed E-state index contributed by atoms with van der Waals surface area (Å²) in [7, 11) is 0. The second-order valence-electron chi connectivity index (χ2n) is 9.94. The summed E-state index contributed by atoms with van der Waals surface area (Å²) in [5.74, 6) is -2.52. The minimum absolute atomic E-state index is 0.226. The number of furan rings is 1. The van der Waals surface area contributed by atoms with Crippen LogP contribution in [0.5, 0.6) is 0 Å². The Kier molecular flexibility index (Phi) is 10.4. The van der Waals surface area contributed by atoms with Crippen molar-refractivity contribution < 1.29 is 52.0 Å². The third-order valence-corrected chi connectivity index (χ3v) is 6.76. The van der Waals surface area contributed by atoms with Gasteiger partial charge in [-0.1, -0.05) is 54.6 Å². The number of carbonyl (C=O) groups excluding carboxylic acids is 4. The van der Waals surface area contributed by atoms with Gasteiger partial charge in [0.15, 0.2) is 18.0 Å². The summed E-state index contributed by atoms with van der Waals surface area (Å²) in [5, 5.41) is 0. The number of ether oxygens (including phenoxy) is 6. The summed E-state index contributed by atoms with van der Waals surface area (Å²) in [4.78, 5) is 51.3. The van der Waals surface area contributed by atoms with E-state index in [0.717, 1.165) is 0 Å². The summed E-state index contributed by atoms with van der Waals surface area (Å²) >= 11 is 0. The predicted octanol–water partition coefficient (Wildman–Crippen LogP) is 4.93. The minimum Gasteiger partial charge on any atom is -0.464 e. The second kappa shape index (κ2) is 15.0. The Morgan fingerprint density at radius 2 is 1.24 bits per heavy atom. The number of hydrogen-bond donors (Lipinski definition) is 0. The molecule has 11 heteroatoms. The van der Waals surface area contributed by atoms with Crippen molar-refractivity contribution in [3.63, 3.8) is 0 Å². The second-order valence-corrected chi connectivity index (χ2v) is 9.94. The molecule has 0 aliphatic carbocycles. The van der Waals surface area contributed by atoms with Crippen LogP contribution in [0.15, 0.2) is 114 Å². The van der Waals surface area contributed by atoms with E-state index in [2.05, 4.69) is 0 Å². The highest BCUT2D eigenvalue weighted by atomic mass is 16.7. The lowest BCUT2D eigenvalue weighted by atomic mass is 10.0. The molecule has 11 nitrogen and oxygen atoms in total. The standard InChI is InChI=1S/C34H30O11/c1-22(35)42-29-28(21-41-32(37)24-14-7-3-8-15-24)44-34(26-18-11-19-39-26)45-30(29)27(43-33(38)25-16-9-4-10-17-25)20-40-31(36)23-12-5-2-6-13-23/h2-19,27-30,34H,20-21H2,1H3. The van der Waals surface area contributed by atoms with E-state index in [4.69, 9.17) is 32.8 Å². The molecule has 1 aliphatic heterocycles. The van der Waals surface area contributed by atoms with E-state index in [1.165, 1.54) is 13.2 Å². The van der Waals surface area contributed by atoms with Gasteiger partial charge in [-0.25, -0.2) is 14.4 Å². The first-order valence-corrected chi connectivity index (χ1v) is 14.1. The van der Waals surface area contributed by atoms with Gasteiger partial charge in [-0.15, -0.1) is 0 Å². The monoisotopic (exact) mass is 614 g/mol. The molecule has 2 heterocycles. The molecule has 5 rings (SSSR count). The van der Waals surface area contributed by atoms with Crippen LogP contribution in [-0.2, 0) is 33.2 Å². The average Bonchev–Trinajstić information content (AvgIpc) is 3.62. The zero-order valence-corrected chi connectivity index (χ0v) is 24.2. The van der Waals surface area contributed by atoms with Crippen LogP contribution in [0.1, 0.15) is 50.0 Å². The molecular weight excluding hydrogens is 584 g/mol. The fraction of sp³-hybridized carbons (Fsp3) is 0.235. The summed E-state index contributed by atoms with van der Waals surface area (Å²) in [6.45, 7) is 0.338. The molecule has 0 amide bonds. The van der Waals surface area contributed by atoms with E-state index in [1.54, 1.807) is 103 Å². The Morgan fingerprint density at radius 1 is 0.689 bits per heavy atom. The summed E-state index contributed by atoms with van der Waals surface area (Å²) in [6.07, 6.45) is -4.76. The Morgan fingerprint density at radius 3 is 1.78 bits per heavy atom. The normalized spacial score (nSPS) is 19.9. The Balaban J connectivity index is 1.46. The molecule has 1 fully saturated rings. The molecule has 5 atom stereocenters. The lowest BCUT2D eigenvalue weighted by Gasteiger charge is -2.42. The van der Waals surface area contributed by atoms with Crippen LogP contribution in [0.4, 0.5) is 0 Å². The van der Waals surface area contributed by atoms with E-state index in [1.807, 2.05) is 0 Å². The van der Waals surface area contributed by atoms with Gasteiger partial charge in [0.2, 0.25) is 6.29 Å². The fourth-order valence-electron chi connectivity index (χ4n) is 4.63. The number of rotatable bonds is 11. The molecule has 1 saturated heterocycles. The van der Waals surface area contributed by atoms with Crippen LogP contribution in [-0.4, -0.2) is 61.5 Å². The lowest BCUT2D eigenvalue weighted by molar-refractivity contribution is -0.316. The van der Waals surface area contributed by atoms with E-state index >= 15 is 0 Å². The van der Waals surface area contributed by atoms with E-state index in [-0.39, 0.29) is 23.5 Å². The van der Waals surface area contributed by atoms with Gasteiger partial charge < -0.3 is 32.8 Å². The first-order chi connectivity index (χ1) is 21.9. The van der Waals surface area contributed by atoms with Crippen LogP contribution in [0.3, 0.4) is 0 Å². The maximum absolute atomic E-state index is 13.3. The van der Waals surface area contributed by atoms with Gasteiger partial charge >= 0.3 is 23.9 Å². The van der Waals surface area contributed by atoms with Crippen molar-refractivity contribution in [2.75, 3.05) is 13.2 Å². The molecule has 1 aromatic heterocycles. The summed E-state index contributed by atoms with van der Waals surface area (Å²) in [5.41, 5.74) is 0.799. The highest BCUT2D eigenvalue weighted by Gasteiger charge is 2.49. The first-order valence-electron chi connectivity index (χ1n) is 14.1. The topological polar surface area (TPSA) is 137 Å². The van der Waals surface area contributed by atoms with Crippen molar-refractivity contribution in [3.05, 3.63) is 132 Å². The Bertz CT molecular complexity index is 1560. The number of hydrogen-bond acceptors (Lipinski definition) is 11. The number of esters is 4. The zero-order chi connectivity index (χ0) is 31.6. The molecule has 45 heavy (non-hydrogen) atoms. The maximum atomic E-state index is 13.3. The maximum Gasteiger partial charge on any atom is 0.338 e. The molecule has 3 aromatic carbocycles. The molecule has 0 bridgehead atoms. The van der Waals surface area contributed by atoms with E-state index in [0.29, 0.717) is 5.56 Å². The first kappa shape index (κ1) is 31.2. The van der Waals surface area contributed by atoms with Crippen molar-refractivity contribution in [2.45, 2.75) is 37.6 Å². The van der Waals surface area contributed by atoms with Crippen molar-refractivity contribution in [1.82, 2.24) is 0 Å². The van der Waals surface area contributed by atoms with Crippen LogP contribution in [0, 0.1) is 0 Å². The predicted molar refractivity (Wildman–Crippen MR) is 156 cm³/mol. The van der Waals surface area contributed by atoms with Gasteiger partial charge in [0, 0.05) is 6.92 Å². The van der Waals surface area contributed by atoms with Crippen LogP contribution >= 0.6 is 0 Å². The molecule has 1 aliphatic rings. The molecule has 4 aromatic rings. The number of benzene rings is 3. The SMILES string of the molecule is CC(=O)OC1C(COC(=O)c2ccccc2)OC(c2ccco2)OC1C(COC(=O)c1ccccc1)OC(=O)c1ccccc1. The Hall–Kier alpha value is -5.26. The van der Waals surface area contributed by atoms with Crippen molar-refractivity contribution >= 4 is 23.9 Å². The van der Waals surface area contributed by atoms with Gasteiger partial charge in [0.05, 0.1) is 23.0 Å². The van der Waals surface area contributed by atoms with Crippen molar-refractivity contribution in [1.29, 1.82) is 0 Å². The quantitative estimate of drug-likeness (QED) is 0.168. The van der Waals surface area contributed by atoms with Crippen LogP contribution < -0.4 is 0 Å². The molecule has 0 radical (unpaired) electrons. The molecule has 0 N–H and O–H groups in total. The van der Waals surface area contributed by atoms with Gasteiger partial charge in [0.1, 0.15) is 25.4 Å². The van der Waals surface area contributed by atoms with Gasteiger partial charge in [-0.3, -0.25) is 4.79 Å². The molecular formula is C34H30O11. The lowest BCUT2D eigenvalue weighted by Crippen LogP contribution is -2.57. The third-order valence-electron chi connectivity index (χ3n) is 6.76. The van der Waals surface area contributed by atoms with Gasteiger partial charge in [-0.2, -0.15) is 0 Å². The fourth-order valence-corrected chi connectivity index (χ4v) is 4.63. The van der Waals surface area contributed by atoms with Crippen LogP contribution in [0.25, 0.3) is 0 Å². The smallest absolute Gasteiger partial charge is 0.338 e. The molecule has 0 saturated carbocycles. The van der Waals surface area contributed by atoms with Crippen molar-refractivity contribution in [2.24, 2.45) is 0 Å². The highest BCUT2D eigenvalue weighted by Crippen LogP contribution is 2.35. The molecule has 0 spiro atoms. The molecule has 5 unspecified atom stereocenters.